The van der Waals surface area contributed by atoms with Crippen LogP contribution < -0.4 is 5.32 Å². The molecule has 1 saturated heterocycles. The Morgan fingerprint density at radius 2 is 1.96 bits per heavy atom. The summed E-state index contributed by atoms with van der Waals surface area (Å²) in [6, 6.07) is 7.03. The minimum absolute atomic E-state index is 0.00555. The Labute approximate surface area is 157 Å². The molecule has 7 heteroatoms. The molecule has 0 spiro atoms. The van der Waals surface area contributed by atoms with Crippen molar-refractivity contribution in [1.29, 1.82) is 0 Å². The van der Waals surface area contributed by atoms with Crippen LogP contribution in [-0.4, -0.2) is 45.2 Å². The molecule has 1 aromatic carbocycles. The third-order valence-electron chi connectivity index (χ3n) is 3.44. The number of carbonyl (C=O) groups is 2. The van der Waals surface area contributed by atoms with Gasteiger partial charge in [-0.25, -0.2) is 0 Å². The highest BCUT2D eigenvalue weighted by molar-refractivity contribution is 8.00. The number of benzene rings is 1. The van der Waals surface area contributed by atoms with Crippen molar-refractivity contribution in [3.8, 4) is 0 Å². The largest absolute Gasteiger partial charge is 0.350 e. The molecule has 0 bridgehead atoms. The second-order valence-corrected chi connectivity index (χ2v) is 9.63. The number of nitrogens with zero attached hydrogens (tertiary/aromatic N) is 1. The summed E-state index contributed by atoms with van der Waals surface area (Å²) in [5.41, 5.74) is -0.303. The van der Waals surface area contributed by atoms with Gasteiger partial charge in [-0.2, -0.15) is 0 Å². The van der Waals surface area contributed by atoms with Crippen LogP contribution in [0.5, 0.6) is 0 Å². The molecule has 1 aliphatic heterocycles. The van der Waals surface area contributed by atoms with E-state index in [-0.39, 0.29) is 22.6 Å². The maximum absolute atomic E-state index is 12.8. The molecule has 0 aliphatic carbocycles. The molecule has 0 aromatic heterocycles. The minimum Gasteiger partial charge on any atom is -0.350 e. The Kier molecular flexibility index (Phi) is 6.51. The summed E-state index contributed by atoms with van der Waals surface area (Å²) in [5, 5.41) is 3.39. The van der Waals surface area contributed by atoms with Gasteiger partial charge in [-0.3, -0.25) is 9.59 Å². The Balaban J connectivity index is 2.01. The van der Waals surface area contributed by atoms with Crippen molar-refractivity contribution in [3.05, 3.63) is 29.3 Å². The molecular weight excluding hydrogens is 364 g/mol. The van der Waals surface area contributed by atoms with E-state index in [1.165, 1.54) is 11.8 Å². The van der Waals surface area contributed by atoms with Crippen molar-refractivity contribution in [2.24, 2.45) is 0 Å². The first-order chi connectivity index (χ1) is 11.2. The number of hydrogen-bond donors (Lipinski definition) is 1. The lowest BCUT2D eigenvalue weighted by Crippen LogP contribution is -2.53. The third-order valence-corrected chi connectivity index (χ3v) is 5.80. The molecule has 1 heterocycles. The maximum Gasteiger partial charge on any atom is 0.244 e. The number of halogens is 1. The molecule has 1 aromatic rings. The lowest BCUT2D eigenvalue weighted by Gasteiger charge is -2.29. The van der Waals surface area contributed by atoms with Gasteiger partial charge in [-0.15, -0.1) is 23.5 Å². The van der Waals surface area contributed by atoms with Crippen molar-refractivity contribution in [2.45, 2.75) is 49.4 Å². The quantitative estimate of drug-likeness (QED) is 0.802. The van der Waals surface area contributed by atoms with Gasteiger partial charge in [0.25, 0.3) is 0 Å². The number of thioether (sulfide) groups is 2. The summed E-state index contributed by atoms with van der Waals surface area (Å²) >= 11 is 8.99. The number of hydrogen-bond acceptors (Lipinski definition) is 4. The summed E-state index contributed by atoms with van der Waals surface area (Å²) in [4.78, 5) is 27.9. The fourth-order valence-electron chi connectivity index (χ4n) is 2.33. The summed E-state index contributed by atoms with van der Waals surface area (Å²) < 4.78 is 0. The van der Waals surface area contributed by atoms with Gasteiger partial charge in [-0.05, 0) is 52.0 Å². The van der Waals surface area contributed by atoms with E-state index in [0.717, 1.165) is 4.90 Å². The number of rotatable bonds is 4. The molecule has 0 saturated carbocycles. The molecule has 2 amide bonds. The molecule has 132 valence electrons. The van der Waals surface area contributed by atoms with Crippen LogP contribution >= 0.6 is 35.1 Å². The third kappa shape index (κ3) is 5.33. The lowest BCUT2D eigenvalue weighted by atomic mass is 10.1. The van der Waals surface area contributed by atoms with Gasteiger partial charge in [0.15, 0.2) is 0 Å². The highest BCUT2D eigenvalue weighted by Gasteiger charge is 2.37. The van der Waals surface area contributed by atoms with Gasteiger partial charge in [0, 0.05) is 21.2 Å². The van der Waals surface area contributed by atoms with Crippen molar-refractivity contribution in [1.82, 2.24) is 10.2 Å². The molecule has 1 fully saturated rings. The summed E-state index contributed by atoms with van der Waals surface area (Å²) in [7, 11) is 0. The molecule has 1 aliphatic rings. The molecule has 1 N–H and O–H groups in total. The Bertz CT molecular complexity index is 602. The molecule has 2 unspecified atom stereocenters. The predicted octanol–water partition coefficient (Wildman–Crippen LogP) is 3.64. The van der Waals surface area contributed by atoms with Crippen molar-refractivity contribution < 1.29 is 9.59 Å². The Morgan fingerprint density at radius 3 is 2.54 bits per heavy atom. The topological polar surface area (TPSA) is 49.4 Å². The van der Waals surface area contributed by atoms with Crippen molar-refractivity contribution >= 4 is 46.9 Å². The Hall–Kier alpha value is -0.850. The highest BCUT2D eigenvalue weighted by atomic mass is 35.5. The Morgan fingerprint density at radius 1 is 1.33 bits per heavy atom. The van der Waals surface area contributed by atoms with Crippen LogP contribution in [0, 0.1) is 0 Å². The van der Waals surface area contributed by atoms with Crippen LogP contribution in [0.15, 0.2) is 29.2 Å². The number of nitrogens with one attached hydrogen (secondary N) is 1. The predicted molar refractivity (Wildman–Crippen MR) is 103 cm³/mol. The molecule has 2 atom stereocenters. The van der Waals surface area contributed by atoms with E-state index in [2.05, 4.69) is 5.32 Å². The average molecular weight is 387 g/mol. The summed E-state index contributed by atoms with van der Waals surface area (Å²) in [6.07, 6.45) is 0. The van der Waals surface area contributed by atoms with Crippen LogP contribution in [0.25, 0.3) is 0 Å². The second-order valence-electron chi connectivity index (χ2n) is 6.78. The zero-order valence-electron chi connectivity index (χ0n) is 14.3. The number of amides is 2. The molecule has 4 nitrogen and oxygen atoms in total. The van der Waals surface area contributed by atoms with Gasteiger partial charge in [0.2, 0.25) is 11.8 Å². The summed E-state index contributed by atoms with van der Waals surface area (Å²) in [5.74, 6) is 1.12. The molecular formula is C17H23ClN2O2S2. The normalized spacial score (nSPS) is 19.2. The summed E-state index contributed by atoms with van der Waals surface area (Å²) in [6.45, 7) is 7.71. The van der Waals surface area contributed by atoms with Crippen LogP contribution in [0.3, 0.4) is 0 Å². The van der Waals surface area contributed by atoms with Gasteiger partial charge >= 0.3 is 0 Å². The van der Waals surface area contributed by atoms with Crippen LogP contribution in [0.1, 0.15) is 27.7 Å². The maximum atomic E-state index is 12.8. The minimum atomic E-state index is -0.394. The number of carbonyl (C=O) groups excluding carboxylic acids is 2. The second kappa shape index (κ2) is 8.02. The first-order valence-corrected chi connectivity index (χ1v) is 10.2. The fraction of sp³-hybridized carbons (Fsp3) is 0.529. The van der Waals surface area contributed by atoms with Crippen LogP contribution in [0.4, 0.5) is 0 Å². The molecule has 2 rings (SSSR count). The van der Waals surface area contributed by atoms with E-state index < -0.39 is 6.04 Å². The monoisotopic (exact) mass is 386 g/mol. The van der Waals surface area contributed by atoms with E-state index in [9.17, 15) is 9.59 Å². The van der Waals surface area contributed by atoms with Crippen molar-refractivity contribution in [2.75, 3.05) is 11.6 Å². The van der Waals surface area contributed by atoms with Crippen LogP contribution in [-0.2, 0) is 9.59 Å². The van der Waals surface area contributed by atoms with Gasteiger partial charge < -0.3 is 10.2 Å². The first-order valence-electron chi connectivity index (χ1n) is 7.80. The van der Waals surface area contributed by atoms with Gasteiger partial charge in [-0.1, -0.05) is 11.6 Å². The van der Waals surface area contributed by atoms with E-state index in [1.807, 2.05) is 52.0 Å². The van der Waals surface area contributed by atoms with E-state index in [1.54, 1.807) is 16.7 Å². The van der Waals surface area contributed by atoms with E-state index >= 15 is 0 Å². The fourth-order valence-corrected chi connectivity index (χ4v) is 4.56. The first kappa shape index (κ1) is 19.5. The van der Waals surface area contributed by atoms with Crippen molar-refractivity contribution in [3.63, 3.8) is 0 Å². The van der Waals surface area contributed by atoms with Gasteiger partial charge in [0.1, 0.15) is 6.04 Å². The highest BCUT2D eigenvalue weighted by Crippen LogP contribution is 2.29. The standard InChI is InChI=1S/C17H23ClN2O2S2/c1-11(24-13-7-5-12(18)6-8-13)16(22)20-10-23-9-14(20)15(21)19-17(2,3)4/h5-8,11,14H,9-10H2,1-4H3,(H,19,21). The lowest BCUT2D eigenvalue weighted by molar-refractivity contribution is -0.138. The average Bonchev–Trinajstić information content (AvgIpc) is 2.96. The SMILES string of the molecule is CC(Sc1ccc(Cl)cc1)C(=O)N1CSCC1C(=O)NC(C)(C)C. The van der Waals surface area contributed by atoms with E-state index in [0.29, 0.717) is 16.7 Å². The zero-order valence-corrected chi connectivity index (χ0v) is 16.7. The molecule has 0 radical (unpaired) electrons. The van der Waals surface area contributed by atoms with E-state index in [4.69, 9.17) is 11.6 Å². The van der Waals surface area contributed by atoms with Crippen LogP contribution in [0.2, 0.25) is 5.02 Å². The van der Waals surface area contributed by atoms with Gasteiger partial charge in [0.05, 0.1) is 11.1 Å². The molecule has 24 heavy (non-hydrogen) atoms. The zero-order chi connectivity index (χ0) is 17.9. The smallest absolute Gasteiger partial charge is 0.244 e.